The van der Waals surface area contributed by atoms with E-state index in [0.717, 1.165) is 16.4 Å². The van der Waals surface area contributed by atoms with Crippen LogP contribution in [0.5, 0.6) is 0 Å². The summed E-state index contributed by atoms with van der Waals surface area (Å²) in [5, 5.41) is 0. The van der Waals surface area contributed by atoms with Crippen LogP contribution in [0.3, 0.4) is 0 Å². The Balaban J connectivity index is 1.66. The topological polar surface area (TPSA) is 66.9 Å². The maximum Gasteiger partial charge on any atom is 0.416 e. The van der Waals surface area contributed by atoms with Gasteiger partial charge in [0.05, 0.1) is 22.7 Å². The molecule has 0 aromatic heterocycles. The molecule has 2 atom stereocenters. The van der Waals surface area contributed by atoms with Crippen LogP contribution in [0.2, 0.25) is 0 Å². The van der Waals surface area contributed by atoms with Crippen LogP contribution in [0.15, 0.2) is 29.2 Å². The summed E-state index contributed by atoms with van der Waals surface area (Å²) in [6.45, 7) is 5.02. The molecule has 1 aromatic rings. The first kappa shape index (κ1) is 22.0. The van der Waals surface area contributed by atoms with E-state index in [2.05, 4.69) is 0 Å². The normalized spacial score (nSPS) is 25.2. The average Bonchev–Trinajstić information content (AvgIpc) is 2.66. The van der Waals surface area contributed by atoms with Gasteiger partial charge in [-0.15, -0.1) is 0 Å². The number of amides is 1. The molecule has 2 fully saturated rings. The van der Waals surface area contributed by atoms with Gasteiger partial charge in [-0.1, -0.05) is 6.07 Å². The van der Waals surface area contributed by atoms with Crippen molar-refractivity contribution in [1.29, 1.82) is 0 Å². The van der Waals surface area contributed by atoms with E-state index < -0.39 is 21.8 Å². The monoisotopic (exact) mass is 434 g/mol. The first-order chi connectivity index (χ1) is 13.5. The van der Waals surface area contributed by atoms with Gasteiger partial charge in [-0.25, -0.2) is 8.42 Å². The summed E-state index contributed by atoms with van der Waals surface area (Å²) in [5.41, 5.74) is -1.00. The van der Waals surface area contributed by atoms with E-state index >= 15 is 0 Å². The summed E-state index contributed by atoms with van der Waals surface area (Å²) >= 11 is 0. The molecule has 0 radical (unpaired) electrons. The number of sulfonamides is 1. The van der Waals surface area contributed by atoms with E-state index in [-0.39, 0.29) is 42.0 Å². The van der Waals surface area contributed by atoms with Crippen molar-refractivity contribution in [2.45, 2.75) is 50.0 Å². The second kappa shape index (κ2) is 8.23. The van der Waals surface area contributed by atoms with Crippen LogP contribution < -0.4 is 0 Å². The van der Waals surface area contributed by atoms with E-state index in [0.29, 0.717) is 32.0 Å². The minimum Gasteiger partial charge on any atom is -0.372 e. The molecule has 0 aliphatic carbocycles. The minimum atomic E-state index is -4.61. The van der Waals surface area contributed by atoms with Crippen molar-refractivity contribution < 1.29 is 31.1 Å². The first-order valence-corrected chi connectivity index (χ1v) is 11.0. The lowest BCUT2D eigenvalue weighted by Gasteiger charge is -2.39. The number of piperidine rings is 1. The van der Waals surface area contributed by atoms with Crippen molar-refractivity contribution in [2.24, 2.45) is 5.92 Å². The number of carbonyl (C=O) groups excluding carboxylic acids is 1. The Morgan fingerprint density at radius 2 is 1.69 bits per heavy atom. The Hall–Kier alpha value is -1.65. The Kier molecular flexibility index (Phi) is 6.26. The maximum absolute atomic E-state index is 12.9. The number of ether oxygens (including phenoxy) is 1. The van der Waals surface area contributed by atoms with Gasteiger partial charge in [-0.2, -0.15) is 17.5 Å². The fourth-order valence-electron chi connectivity index (χ4n) is 3.94. The van der Waals surface area contributed by atoms with Crippen LogP contribution in [0.25, 0.3) is 0 Å². The molecule has 2 saturated heterocycles. The molecule has 1 amide bonds. The van der Waals surface area contributed by atoms with Crippen molar-refractivity contribution in [3.05, 3.63) is 29.8 Å². The molecule has 2 aliphatic rings. The Bertz CT molecular complexity index is 841. The molecule has 162 valence electrons. The van der Waals surface area contributed by atoms with Gasteiger partial charge < -0.3 is 9.64 Å². The van der Waals surface area contributed by atoms with Crippen molar-refractivity contribution in [1.82, 2.24) is 9.21 Å². The predicted octanol–water partition coefficient (Wildman–Crippen LogP) is 2.74. The highest BCUT2D eigenvalue weighted by atomic mass is 32.2. The molecule has 3 rings (SSSR count). The van der Waals surface area contributed by atoms with E-state index in [4.69, 9.17) is 4.74 Å². The average molecular weight is 434 g/mol. The molecule has 29 heavy (non-hydrogen) atoms. The van der Waals surface area contributed by atoms with Gasteiger partial charge in [0.2, 0.25) is 15.9 Å². The second-order valence-corrected chi connectivity index (χ2v) is 9.64. The van der Waals surface area contributed by atoms with Gasteiger partial charge in [-0.05, 0) is 44.9 Å². The summed E-state index contributed by atoms with van der Waals surface area (Å²) in [6, 6.07) is 3.75. The minimum absolute atomic E-state index is 0.0110. The number of nitrogens with zero attached hydrogens (tertiary/aromatic N) is 2. The molecule has 0 N–H and O–H groups in total. The summed E-state index contributed by atoms with van der Waals surface area (Å²) in [4.78, 5) is 14.2. The number of morpholine rings is 1. The highest BCUT2D eigenvalue weighted by Crippen LogP contribution is 2.32. The van der Waals surface area contributed by atoms with Crippen LogP contribution in [0, 0.1) is 5.92 Å². The van der Waals surface area contributed by atoms with Crippen LogP contribution in [-0.4, -0.2) is 61.9 Å². The zero-order valence-corrected chi connectivity index (χ0v) is 17.2. The van der Waals surface area contributed by atoms with E-state index in [1.165, 1.54) is 6.07 Å². The van der Waals surface area contributed by atoms with Gasteiger partial charge in [-0.3, -0.25) is 4.79 Å². The van der Waals surface area contributed by atoms with Gasteiger partial charge in [0.1, 0.15) is 0 Å². The number of hydrogen-bond donors (Lipinski definition) is 0. The van der Waals surface area contributed by atoms with Crippen LogP contribution >= 0.6 is 0 Å². The predicted molar refractivity (Wildman–Crippen MR) is 99.5 cm³/mol. The third-order valence-electron chi connectivity index (χ3n) is 5.33. The molecule has 2 heterocycles. The molecule has 6 nitrogen and oxygen atoms in total. The van der Waals surface area contributed by atoms with E-state index in [9.17, 15) is 26.4 Å². The van der Waals surface area contributed by atoms with Gasteiger partial charge in [0, 0.05) is 32.1 Å². The molecule has 0 spiro atoms. The summed E-state index contributed by atoms with van der Waals surface area (Å²) < 4.78 is 71.1. The first-order valence-electron chi connectivity index (χ1n) is 9.60. The van der Waals surface area contributed by atoms with Crippen molar-refractivity contribution >= 4 is 15.9 Å². The lowest BCUT2D eigenvalue weighted by atomic mass is 9.96. The third-order valence-corrected chi connectivity index (χ3v) is 7.23. The molecule has 2 unspecified atom stereocenters. The van der Waals surface area contributed by atoms with Crippen LogP contribution in [0.4, 0.5) is 13.2 Å². The zero-order chi connectivity index (χ0) is 21.4. The molecular formula is C19H25F3N2O4S. The number of alkyl halides is 3. The van der Waals surface area contributed by atoms with Gasteiger partial charge in [0.15, 0.2) is 0 Å². The number of halogens is 3. The highest BCUT2D eigenvalue weighted by Gasteiger charge is 2.37. The highest BCUT2D eigenvalue weighted by molar-refractivity contribution is 7.89. The standard InChI is InChI=1S/C19H25F3N2O4S/c1-13-11-23(12-14(2)28-13)18(25)15-6-8-24(9-7-15)29(26,27)17-5-3-4-16(10-17)19(20,21)22/h3-5,10,13-15H,6-9,11-12H2,1-2H3. The summed E-state index contributed by atoms with van der Waals surface area (Å²) in [7, 11) is -4.05. The smallest absolute Gasteiger partial charge is 0.372 e. The number of carbonyl (C=O) groups is 1. The SMILES string of the molecule is CC1CN(C(=O)C2CCN(S(=O)(=O)c3cccc(C(F)(F)F)c3)CC2)CC(C)O1. The van der Waals surface area contributed by atoms with Crippen molar-refractivity contribution in [2.75, 3.05) is 26.2 Å². The van der Waals surface area contributed by atoms with Crippen molar-refractivity contribution in [3.63, 3.8) is 0 Å². The molecule has 10 heteroatoms. The molecule has 0 saturated carbocycles. The van der Waals surface area contributed by atoms with Gasteiger partial charge in [0.25, 0.3) is 0 Å². The summed E-state index contributed by atoms with van der Waals surface area (Å²) in [5.74, 6) is -0.302. The lowest BCUT2D eigenvalue weighted by Crippen LogP contribution is -2.51. The summed E-state index contributed by atoms with van der Waals surface area (Å²) in [6.07, 6.45) is -4.03. The molecule has 2 aliphatic heterocycles. The quantitative estimate of drug-likeness (QED) is 0.734. The second-order valence-electron chi connectivity index (χ2n) is 7.70. The third kappa shape index (κ3) is 4.92. The largest absolute Gasteiger partial charge is 0.416 e. The number of rotatable bonds is 3. The van der Waals surface area contributed by atoms with Crippen molar-refractivity contribution in [3.8, 4) is 0 Å². The number of hydrogen-bond acceptors (Lipinski definition) is 4. The fraction of sp³-hybridized carbons (Fsp3) is 0.632. The van der Waals surface area contributed by atoms with Crippen LogP contribution in [0.1, 0.15) is 32.3 Å². The molecular weight excluding hydrogens is 409 g/mol. The Morgan fingerprint density at radius 1 is 1.10 bits per heavy atom. The Labute approximate surface area is 168 Å². The number of benzene rings is 1. The Morgan fingerprint density at radius 3 is 2.24 bits per heavy atom. The van der Waals surface area contributed by atoms with Gasteiger partial charge >= 0.3 is 6.18 Å². The van der Waals surface area contributed by atoms with E-state index in [1.54, 1.807) is 4.90 Å². The molecule has 1 aromatic carbocycles. The fourth-order valence-corrected chi connectivity index (χ4v) is 5.46. The van der Waals surface area contributed by atoms with E-state index in [1.807, 2.05) is 13.8 Å². The van der Waals surface area contributed by atoms with Crippen LogP contribution in [-0.2, 0) is 25.7 Å². The maximum atomic E-state index is 12.9. The zero-order valence-electron chi connectivity index (χ0n) is 16.4. The lowest BCUT2D eigenvalue weighted by molar-refractivity contribution is -0.148. The molecule has 0 bridgehead atoms.